The van der Waals surface area contributed by atoms with Gasteiger partial charge in [-0.2, -0.15) is 4.98 Å². The average Bonchev–Trinajstić information content (AvgIpc) is 2.96. The van der Waals surface area contributed by atoms with Gasteiger partial charge < -0.3 is 14.5 Å². The topological polar surface area (TPSA) is 79.5 Å². The largest absolute Gasteiger partial charge is 0.396 e. The maximum atomic E-state index is 12.2. The van der Waals surface area contributed by atoms with Crippen molar-refractivity contribution in [3.05, 3.63) is 11.7 Å². The lowest BCUT2D eigenvalue weighted by atomic mass is 9.96. The van der Waals surface area contributed by atoms with Crippen LogP contribution in [0.4, 0.5) is 0 Å². The van der Waals surface area contributed by atoms with Crippen LogP contribution in [0, 0.1) is 5.92 Å². The van der Waals surface area contributed by atoms with E-state index >= 15 is 0 Å². The highest BCUT2D eigenvalue weighted by Gasteiger charge is 2.23. The molecule has 0 bridgehead atoms. The smallest absolute Gasteiger partial charge is 0.226 e. The van der Waals surface area contributed by atoms with Crippen LogP contribution in [0.5, 0.6) is 0 Å². The molecule has 124 valence electrons. The Bertz CT molecular complexity index is 493. The number of aliphatic hydroxyl groups is 1. The number of carbonyl (C=O) groups excluding carboxylic acids is 1. The number of likely N-dealkylation sites (tertiary alicyclic amines) is 1. The highest BCUT2D eigenvalue weighted by molar-refractivity contribution is 5.76. The molecular weight excluding hydrogens is 282 g/mol. The van der Waals surface area contributed by atoms with E-state index in [9.17, 15) is 9.90 Å². The van der Waals surface area contributed by atoms with E-state index in [4.69, 9.17) is 4.52 Å². The minimum atomic E-state index is -0.120. The molecule has 2 heterocycles. The van der Waals surface area contributed by atoms with Crippen molar-refractivity contribution in [3.8, 4) is 0 Å². The number of hydrogen-bond acceptors (Lipinski definition) is 5. The molecule has 0 aromatic carbocycles. The lowest BCUT2D eigenvalue weighted by molar-refractivity contribution is -0.133. The van der Waals surface area contributed by atoms with Gasteiger partial charge in [0.25, 0.3) is 0 Å². The molecule has 1 amide bonds. The van der Waals surface area contributed by atoms with Gasteiger partial charge >= 0.3 is 0 Å². The molecule has 1 atom stereocenters. The molecule has 0 aliphatic carbocycles. The number of aliphatic hydroxyl groups excluding tert-OH is 1. The highest BCUT2D eigenvalue weighted by atomic mass is 16.5. The zero-order chi connectivity index (χ0) is 16.2. The fourth-order valence-electron chi connectivity index (χ4n) is 2.65. The van der Waals surface area contributed by atoms with Crippen LogP contribution in [0.1, 0.15) is 58.2 Å². The number of nitrogens with zero attached hydrogens (tertiary/aromatic N) is 3. The molecule has 1 saturated heterocycles. The Morgan fingerprint density at radius 2 is 2.23 bits per heavy atom. The van der Waals surface area contributed by atoms with Crippen LogP contribution in [-0.2, 0) is 16.6 Å². The third-order valence-corrected chi connectivity index (χ3v) is 4.05. The number of aryl methyl sites for hydroxylation is 1. The Hall–Kier alpha value is -1.43. The van der Waals surface area contributed by atoms with Gasteiger partial charge in [-0.15, -0.1) is 0 Å². The summed E-state index contributed by atoms with van der Waals surface area (Å²) in [6, 6.07) is 0. The van der Waals surface area contributed by atoms with Crippen molar-refractivity contribution in [2.75, 3.05) is 19.7 Å². The predicted molar refractivity (Wildman–Crippen MR) is 82.3 cm³/mol. The monoisotopic (exact) mass is 309 g/mol. The summed E-state index contributed by atoms with van der Waals surface area (Å²) in [5.74, 6) is 1.71. The summed E-state index contributed by atoms with van der Waals surface area (Å²) in [6.07, 6.45) is 3.83. The van der Waals surface area contributed by atoms with Crippen molar-refractivity contribution in [3.63, 3.8) is 0 Å². The van der Waals surface area contributed by atoms with E-state index in [1.54, 1.807) is 0 Å². The van der Waals surface area contributed by atoms with Crippen molar-refractivity contribution in [2.24, 2.45) is 5.92 Å². The van der Waals surface area contributed by atoms with Gasteiger partial charge in [0.15, 0.2) is 5.82 Å². The molecule has 1 unspecified atom stereocenters. The summed E-state index contributed by atoms with van der Waals surface area (Å²) in [5, 5.41) is 13.2. The Morgan fingerprint density at radius 1 is 1.45 bits per heavy atom. The van der Waals surface area contributed by atoms with Crippen molar-refractivity contribution < 1.29 is 14.4 Å². The van der Waals surface area contributed by atoms with E-state index in [0.717, 1.165) is 19.4 Å². The third kappa shape index (κ3) is 4.53. The highest BCUT2D eigenvalue weighted by Crippen LogP contribution is 2.20. The van der Waals surface area contributed by atoms with Crippen molar-refractivity contribution >= 4 is 5.91 Å². The Kier molecular flexibility index (Phi) is 5.56. The summed E-state index contributed by atoms with van der Waals surface area (Å²) < 4.78 is 5.23. The first-order valence-corrected chi connectivity index (χ1v) is 8.12. The summed E-state index contributed by atoms with van der Waals surface area (Å²) in [4.78, 5) is 18.4. The number of carbonyl (C=O) groups is 1. The lowest BCUT2D eigenvalue weighted by Crippen LogP contribution is -2.40. The van der Waals surface area contributed by atoms with Gasteiger partial charge in [-0.3, -0.25) is 4.79 Å². The number of piperidine rings is 1. The van der Waals surface area contributed by atoms with E-state index in [0.29, 0.717) is 37.5 Å². The summed E-state index contributed by atoms with van der Waals surface area (Å²) >= 11 is 0. The quantitative estimate of drug-likeness (QED) is 0.899. The second kappa shape index (κ2) is 7.22. The van der Waals surface area contributed by atoms with Gasteiger partial charge in [-0.1, -0.05) is 25.9 Å². The molecule has 1 aromatic heterocycles. The Morgan fingerprint density at radius 3 is 2.86 bits per heavy atom. The van der Waals surface area contributed by atoms with Crippen molar-refractivity contribution in [1.82, 2.24) is 15.0 Å². The van der Waals surface area contributed by atoms with Crippen LogP contribution >= 0.6 is 0 Å². The summed E-state index contributed by atoms with van der Waals surface area (Å²) in [6.45, 7) is 7.78. The molecule has 0 spiro atoms. The molecule has 0 saturated carbocycles. The summed E-state index contributed by atoms with van der Waals surface area (Å²) in [5.41, 5.74) is -0.120. The maximum Gasteiger partial charge on any atom is 0.226 e. The van der Waals surface area contributed by atoms with E-state index in [1.165, 1.54) is 0 Å². The van der Waals surface area contributed by atoms with Crippen molar-refractivity contribution in [1.29, 1.82) is 0 Å². The van der Waals surface area contributed by atoms with E-state index < -0.39 is 0 Å². The standard InChI is InChI=1S/C16H27N3O3/c1-16(2,3)15-17-13(22-18-15)7-4-8-14(21)19-9-5-6-12(10-19)11-20/h12,20H,4-11H2,1-3H3. The average molecular weight is 309 g/mol. The number of aromatic nitrogens is 2. The van der Waals surface area contributed by atoms with Gasteiger partial charge in [0.05, 0.1) is 0 Å². The maximum absolute atomic E-state index is 12.2. The van der Waals surface area contributed by atoms with Gasteiger partial charge in [0.2, 0.25) is 11.8 Å². The second-order valence-electron chi connectivity index (χ2n) is 7.15. The fraction of sp³-hybridized carbons (Fsp3) is 0.812. The normalized spacial score (nSPS) is 19.5. The molecule has 1 fully saturated rings. The predicted octanol–water partition coefficient (Wildman–Crippen LogP) is 1.92. The molecule has 6 heteroatoms. The Balaban J connectivity index is 1.76. The zero-order valence-corrected chi connectivity index (χ0v) is 13.8. The van der Waals surface area contributed by atoms with E-state index in [1.807, 2.05) is 25.7 Å². The number of rotatable bonds is 5. The van der Waals surface area contributed by atoms with Crippen LogP contribution < -0.4 is 0 Å². The molecule has 1 aromatic rings. The first-order valence-electron chi connectivity index (χ1n) is 8.12. The van der Waals surface area contributed by atoms with Gasteiger partial charge in [0.1, 0.15) is 0 Å². The molecule has 6 nitrogen and oxygen atoms in total. The molecule has 1 N–H and O–H groups in total. The van der Waals surface area contributed by atoms with Crippen LogP contribution in [0.2, 0.25) is 0 Å². The molecular formula is C16H27N3O3. The van der Waals surface area contributed by atoms with E-state index in [2.05, 4.69) is 10.1 Å². The zero-order valence-electron chi connectivity index (χ0n) is 13.8. The molecule has 2 rings (SSSR count). The van der Waals surface area contributed by atoms with Crippen LogP contribution in [0.3, 0.4) is 0 Å². The van der Waals surface area contributed by atoms with Gasteiger partial charge in [0, 0.05) is 38.0 Å². The molecule has 1 aliphatic heterocycles. The molecule has 0 radical (unpaired) electrons. The summed E-state index contributed by atoms with van der Waals surface area (Å²) in [7, 11) is 0. The van der Waals surface area contributed by atoms with E-state index in [-0.39, 0.29) is 23.8 Å². The molecule has 22 heavy (non-hydrogen) atoms. The third-order valence-electron chi connectivity index (χ3n) is 4.05. The van der Waals surface area contributed by atoms with Gasteiger partial charge in [-0.05, 0) is 25.2 Å². The minimum Gasteiger partial charge on any atom is -0.396 e. The SMILES string of the molecule is CC(C)(C)c1noc(CCCC(=O)N2CCCC(CO)C2)n1. The first-order chi connectivity index (χ1) is 10.4. The minimum absolute atomic E-state index is 0.120. The molecule has 1 aliphatic rings. The second-order valence-corrected chi connectivity index (χ2v) is 7.15. The first kappa shape index (κ1) is 16.9. The van der Waals surface area contributed by atoms with Crippen molar-refractivity contribution in [2.45, 2.75) is 58.3 Å². The number of hydrogen-bond donors (Lipinski definition) is 1. The van der Waals surface area contributed by atoms with Crippen LogP contribution in [0.15, 0.2) is 4.52 Å². The van der Waals surface area contributed by atoms with Gasteiger partial charge in [-0.25, -0.2) is 0 Å². The lowest BCUT2D eigenvalue weighted by Gasteiger charge is -2.31. The fourth-order valence-corrected chi connectivity index (χ4v) is 2.65. The number of amides is 1. The Labute approximate surface area is 131 Å². The van der Waals surface area contributed by atoms with Crippen LogP contribution in [0.25, 0.3) is 0 Å². The van der Waals surface area contributed by atoms with Crippen LogP contribution in [-0.4, -0.2) is 45.8 Å².